The third-order valence-corrected chi connectivity index (χ3v) is 3.97. The Bertz CT molecular complexity index is 1160. The first kappa shape index (κ1) is 16.8. The minimum atomic E-state index is -0.709. The number of aromatic nitrogens is 1. The van der Waals surface area contributed by atoms with Gasteiger partial charge in [-0.3, -0.25) is 14.9 Å². The van der Waals surface area contributed by atoms with E-state index in [9.17, 15) is 14.9 Å². The second-order valence-electron chi connectivity index (χ2n) is 5.56. The van der Waals surface area contributed by atoms with Crippen molar-refractivity contribution in [1.82, 2.24) is 4.98 Å². The molecule has 4 rings (SSSR count). The van der Waals surface area contributed by atoms with Crippen molar-refractivity contribution >= 4 is 40.2 Å². The van der Waals surface area contributed by atoms with E-state index in [1.165, 1.54) is 6.07 Å². The molecule has 0 saturated heterocycles. The van der Waals surface area contributed by atoms with Crippen molar-refractivity contribution in [2.75, 3.05) is 5.32 Å². The van der Waals surface area contributed by atoms with Gasteiger partial charge in [-0.05, 0) is 48.5 Å². The molecule has 0 atom stereocenters. The summed E-state index contributed by atoms with van der Waals surface area (Å²) in [6.45, 7) is 0. The Morgan fingerprint density at radius 1 is 1.07 bits per heavy atom. The molecule has 27 heavy (non-hydrogen) atoms. The average molecular weight is 384 g/mol. The fraction of sp³-hybridized carbons (Fsp3) is 0. The van der Waals surface area contributed by atoms with Crippen molar-refractivity contribution in [3.63, 3.8) is 0 Å². The van der Waals surface area contributed by atoms with Gasteiger partial charge in [0.2, 0.25) is 5.89 Å². The fourth-order valence-electron chi connectivity index (χ4n) is 2.46. The molecule has 0 aliphatic rings. The Kier molecular flexibility index (Phi) is 4.09. The summed E-state index contributed by atoms with van der Waals surface area (Å²) in [5.41, 5.74) is 2.47. The monoisotopic (exact) mass is 383 g/mol. The zero-order chi connectivity index (χ0) is 19.0. The van der Waals surface area contributed by atoms with Crippen LogP contribution in [0.1, 0.15) is 10.6 Å². The van der Waals surface area contributed by atoms with Gasteiger partial charge in [0, 0.05) is 16.3 Å². The van der Waals surface area contributed by atoms with Crippen LogP contribution in [0.3, 0.4) is 0 Å². The molecule has 0 radical (unpaired) electrons. The molecule has 4 aromatic rings. The molecule has 2 aromatic carbocycles. The Labute approximate surface area is 156 Å². The number of rotatable bonds is 4. The maximum Gasteiger partial charge on any atom is 0.433 e. The Balaban J connectivity index is 1.52. The Morgan fingerprint density at radius 3 is 2.56 bits per heavy atom. The van der Waals surface area contributed by atoms with Crippen molar-refractivity contribution in [3.8, 4) is 11.5 Å². The normalized spacial score (nSPS) is 10.9. The van der Waals surface area contributed by atoms with Gasteiger partial charge in [-0.25, -0.2) is 4.98 Å². The molecule has 2 heterocycles. The smallest absolute Gasteiger partial charge is 0.433 e. The molecule has 8 nitrogen and oxygen atoms in total. The van der Waals surface area contributed by atoms with Gasteiger partial charge in [-0.1, -0.05) is 11.6 Å². The van der Waals surface area contributed by atoms with E-state index in [0.717, 1.165) is 6.07 Å². The number of carbonyl (C=O) groups excluding carboxylic acids is 1. The quantitative estimate of drug-likeness (QED) is 0.396. The molecule has 0 bridgehead atoms. The van der Waals surface area contributed by atoms with Crippen LogP contribution in [-0.2, 0) is 0 Å². The predicted octanol–water partition coefficient (Wildman–Crippen LogP) is 4.90. The van der Waals surface area contributed by atoms with Gasteiger partial charge >= 0.3 is 5.88 Å². The predicted molar refractivity (Wildman–Crippen MR) is 97.8 cm³/mol. The molecule has 0 aliphatic carbocycles. The lowest BCUT2D eigenvalue weighted by molar-refractivity contribution is -0.402. The first-order chi connectivity index (χ1) is 13.0. The van der Waals surface area contributed by atoms with E-state index in [1.54, 1.807) is 42.5 Å². The van der Waals surface area contributed by atoms with Crippen LogP contribution in [0.2, 0.25) is 5.02 Å². The maximum absolute atomic E-state index is 12.1. The number of nitro groups is 1. The number of carbonyl (C=O) groups is 1. The largest absolute Gasteiger partial charge is 0.436 e. The molecular weight excluding hydrogens is 374 g/mol. The number of amides is 1. The topological polar surface area (TPSA) is 111 Å². The number of fused-ring (bicyclic) bond motifs is 1. The van der Waals surface area contributed by atoms with Gasteiger partial charge in [0.25, 0.3) is 5.91 Å². The molecule has 134 valence electrons. The van der Waals surface area contributed by atoms with Crippen LogP contribution in [-0.4, -0.2) is 15.8 Å². The molecule has 0 fully saturated rings. The minimum absolute atomic E-state index is 0.151. The number of furan rings is 1. The highest BCUT2D eigenvalue weighted by atomic mass is 35.5. The Morgan fingerprint density at radius 2 is 1.85 bits per heavy atom. The summed E-state index contributed by atoms with van der Waals surface area (Å²) in [5, 5.41) is 13.8. The van der Waals surface area contributed by atoms with E-state index in [2.05, 4.69) is 10.3 Å². The van der Waals surface area contributed by atoms with Gasteiger partial charge in [-0.15, -0.1) is 0 Å². The molecule has 0 spiro atoms. The molecule has 1 N–H and O–H groups in total. The van der Waals surface area contributed by atoms with E-state index >= 15 is 0 Å². The molecule has 2 aromatic heterocycles. The van der Waals surface area contributed by atoms with E-state index in [-0.39, 0.29) is 5.76 Å². The first-order valence-corrected chi connectivity index (χ1v) is 8.09. The second kappa shape index (κ2) is 6.58. The molecule has 0 saturated carbocycles. The van der Waals surface area contributed by atoms with Crippen LogP contribution >= 0.6 is 11.6 Å². The SMILES string of the molecule is O=C(Nc1ccc(-c2nc3cc(Cl)ccc3o2)cc1)c1ccc([N+](=O)[O-])o1. The van der Waals surface area contributed by atoms with Gasteiger partial charge < -0.3 is 14.2 Å². The van der Waals surface area contributed by atoms with Crippen LogP contribution < -0.4 is 5.32 Å². The van der Waals surface area contributed by atoms with Crippen molar-refractivity contribution in [3.05, 3.63) is 75.5 Å². The molecule has 9 heteroatoms. The summed E-state index contributed by atoms with van der Waals surface area (Å²) in [4.78, 5) is 26.4. The number of anilines is 1. The zero-order valence-electron chi connectivity index (χ0n) is 13.5. The molecule has 1 amide bonds. The lowest BCUT2D eigenvalue weighted by Crippen LogP contribution is -2.10. The number of nitrogens with zero attached hydrogens (tertiary/aromatic N) is 2. The first-order valence-electron chi connectivity index (χ1n) is 7.72. The van der Waals surface area contributed by atoms with Crippen molar-refractivity contribution in [1.29, 1.82) is 0 Å². The van der Waals surface area contributed by atoms with Crippen molar-refractivity contribution in [2.24, 2.45) is 0 Å². The van der Waals surface area contributed by atoms with Crippen LogP contribution in [0.15, 0.2) is 63.4 Å². The number of hydrogen-bond acceptors (Lipinski definition) is 6. The van der Waals surface area contributed by atoms with Gasteiger partial charge in [-0.2, -0.15) is 0 Å². The number of oxazole rings is 1. The average Bonchev–Trinajstić information content (AvgIpc) is 3.29. The lowest BCUT2D eigenvalue weighted by atomic mass is 10.2. The minimum Gasteiger partial charge on any atom is -0.436 e. The van der Waals surface area contributed by atoms with Crippen LogP contribution in [0.4, 0.5) is 11.6 Å². The summed E-state index contributed by atoms with van der Waals surface area (Å²) in [5.74, 6) is -0.813. The third-order valence-electron chi connectivity index (χ3n) is 3.73. The van der Waals surface area contributed by atoms with Crippen LogP contribution in [0.5, 0.6) is 0 Å². The number of nitrogens with one attached hydrogen (secondary N) is 1. The third kappa shape index (κ3) is 3.38. The summed E-state index contributed by atoms with van der Waals surface area (Å²) >= 11 is 5.95. The standard InChI is InChI=1S/C18H10ClN3O5/c19-11-3-6-14-13(9-11)21-18(27-14)10-1-4-12(5-2-10)20-17(23)15-7-8-16(26-15)22(24)25/h1-9H,(H,20,23). The molecule has 0 unspecified atom stereocenters. The molecular formula is C18H10ClN3O5. The van der Waals surface area contributed by atoms with Gasteiger partial charge in [0.15, 0.2) is 11.3 Å². The summed E-state index contributed by atoms with van der Waals surface area (Å²) in [7, 11) is 0. The maximum atomic E-state index is 12.1. The van der Waals surface area contributed by atoms with Crippen LogP contribution in [0.25, 0.3) is 22.6 Å². The fourth-order valence-corrected chi connectivity index (χ4v) is 2.63. The van der Waals surface area contributed by atoms with Gasteiger partial charge in [0.1, 0.15) is 10.4 Å². The highest BCUT2D eigenvalue weighted by Crippen LogP contribution is 2.27. The number of hydrogen-bond donors (Lipinski definition) is 1. The summed E-state index contributed by atoms with van der Waals surface area (Å²) in [6.07, 6.45) is 0. The summed E-state index contributed by atoms with van der Waals surface area (Å²) in [6, 6.07) is 14.3. The number of halogens is 1. The van der Waals surface area contributed by atoms with Crippen molar-refractivity contribution < 1.29 is 18.6 Å². The highest BCUT2D eigenvalue weighted by molar-refractivity contribution is 6.31. The van der Waals surface area contributed by atoms with Gasteiger partial charge in [0.05, 0.1) is 6.07 Å². The van der Waals surface area contributed by atoms with Crippen LogP contribution in [0, 0.1) is 10.1 Å². The Hall–Kier alpha value is -3.65. The zero-order valence-corrected chi connectivity index (χ0v) is 14.3. The van der Waals surface area contributed by atoms with E-state index in [1.807, 2.05) is 0 Å². The summed E-state index contributed by atoms with van der Waals surface area (Å²) < 4.78 is 10.6. The molecule has 0 aliphatic heterocycles. The van der Waals surface area contributed by atoms with E-state index < -0.39 is 16.7 Å². The highest BCUT2D eigenvalue weighted by Gasteiger charge is 2.17. The van der Waals surface area contributed by atoms with E-state index in [0.29, 0.717) is 33.3 Å². The van der Waals surface area contributed by atoms with E-state index in [4.69, 9.17) is 20.4 Å². The van der Waals surface area contributed by atoms with Crippen molar-refractivity contribution in [2.45, 2.75) is 0 Å². The second-order valence-corrected chi connectivity index (χ2v) is 5.99. The lowest BCUT2D eigenvalue weighted by Gasteiger charge is -2.03. The number of benzene rings is 2.